The lowest BCUT2D eigenvalue weighted by molar-refractivity contribution is -0.274. The second-order valence-corrected chi connectivity index (χ2v) is 4.11. The van der Waals surface area contributed by atoms with Crippen LogP contribution in [0.15, 0.2) is 42.5 Å². The minimum Gasteiger partial charge on any atom is -0.404 e. The van der Waals surface area contributed by atoms with Crippen molar-refractivity contribution in [2.24, 2.45) is 0 Å². The topological polar surface area (TPSA) is 21.3 Å². The molecule has 0 aliphatic rings. The molecule has 0 aliphatic heterocycles. The van der Waals surface area contributed by atoms with Crippen LogP contribution in [0, 0.1) is 11.6 Å². The minimum atomic E-state index is -4.83. The fraction of sp³-hybridized carbons (Fsp3) is 0.143. The zero-order chi connectivity index (χ0) is 15.5. The number of nitrogens with one attached hydrogen (secondary N) is 1. The Bertz CT molecular complexity index is 627. The Morgan fingerprint density at radius 2 is 1.67 bits per heavy atom. The number of rotatable bonds is 4. The summed E-state index contributed by atoms with van der Waals surface area (Å²) in [7, 11) is 0. The highest BCUT2D eigenvalue weighted by Gasteiger charge is 2.32. The van der Waals surface area contributed by atoms with Crippen molar-refractivity contribution < 1.29 is 26.7 Å². The Morgan fingerprint density at radius 3 is 2.38 bits per heavy atom. The summed E-state index contributed by atoms with van der Waals surface area (Å²) in [5.74, 6) is -2.50. The number of alkyl halides is 3. The zero-order valence-corrected chi connectivity index (χ0v) is 10.5. The molecule has 1 N–H and O–H groups in total. The number of benzene rings is 2. The van der Waals surface area contributed by atoms with Crippen molar-refractivity contribution in [1.82, 2.24) is 0 Å². The third kappa shape index (κ3) is 4.08. The summed E-state index contributed by atoms with van der Waals surface area (Å²) >= 11 is 0. The van der Waals surface area contributed by atoms with Gasteiger partial charge in [-0.25, -0.2) is 8.78 Å². The molecule has 0 amide bonds. The van der Waals surface area contributed by atoms with Crippen molar-refractivity contribution in [2.75, 3.05) is 5.32 Å². The molecule has 0 heterocycles. The summed E-state index contributed by atoms with van der Waals surface area (Å²) in [6.07, 6.45) is -4.83. The minimum absolute atomic E-state index is 0.00295. The van der Waals surface area contributed by atoms with E-state index in [1.165, 1.54) is 30.3 Å². The molecule has 0 atom stereocenters. The first-order valence-corrected chi connectivity index (χ1v) is 5.88. The molecule has 0 radical (unpaired) electrons. The van der Waals surface area contributed by atoms with Crippen LogP contribution in [0.3, 0.4) is 0 Å². The molecular formula is C14H10F5NO. The van der Waals surface area contributed by atoms with Crippen molar-refractivity contribution in [3.63, 3.8) is 0 Å². The third-order valence-electron chi connectivity index (χ3n) is 2.61. The first kappa shape index (κ1) is 15.1. The lowest BCUT2D eigenvalue weighted by Crippen LogP contribution is -2.18. The normalized spacial score (nSPS) is 11.3. The largest absolute Gasteiger partial charge is 0.573 e. The molecule has 0 fully saturated rings. The molecule has 2 nitrogen and oxygen atoms in total. The SMILES string of the molecule is Fc1cccc(CNc2ccccc2OC(F)(F)F)c1F. The van der Waals surface area contributed by atoms with Gasteiger partial charge in [0.25, 0.3) is 0 Å². The summed E-state index contributed by atoms with van der Waals surface area (Å²) < 4.78 is 67.1. The van der Waals surface area contributed by atoms with Crippen LogP contribution in [0.25, 0.3) is 0 Å². The van der Waals surface area contributed by atoms with Crippen LogP contribution in [0.1, 0.15) is 5.56 Å². The second-order valence-electron chi connectivity index (χ2n) is 4.11. The summed E-state index contributed by atoms with van der Waals surface area (Å²) in [5.41, 5.74) is 0.0234. The molecule has 0 unspecified atom stereocenters. The number of ether oxygens (including phenoxy) is 1. The number of hydrogen-bond acceptors (Lipinski definition) is 2. The van der Waals surface area contributed by atoms with E-state index in [1.54, 1.807) is 0 Å². The zero-order valence-electron chi connectivity index (χ0n) is 10.5. The summed E-state index contributed by atoms with van der Waals surface area (Å²) in [6, 6.07) is 8.93. The quantitative estimate of drug-likeness (QED) is 0.841. The van der Waals surface area contributed by atoms with E-state index >= 15 is 0 Å². The molecule has 0 saturated carbocycles. The molecule has 2 aromatic rings. The number of halogens is 5. The van der Waals surface area contributed by atoms with Gasteiger partial charge in [-0.3, -0.25) is 0 Å². The van der Waals surface area contributed by atoms with E-state index in [4.69, 9.17) is 0 Å². The van der Waals surface area contributed by atoms with Gasteiger partial charge < -0.3 is 10.1 Å². The van der Waals surface area contributed by atoms with Crippen LogP contribution in [0.5, 0.6) is 5.75 Å². The Hall–Kier alpha value is -2.31. The molecule has 0 spiro atoms. The number of hydrogen-bond donors (Lipinski definition) is 1. The van der Waals surface area contributed by atoms with Crippen LogP contribution in [0.2, 0.25) is 0 Å². The van der Waals surface area contributed by atoms with E-state index in [1.807, 2.05) is 0 Å². The van der Waals surface area contributed by atoms with E-state index in [9.17, 15) is 22.0 Å². The maximum Gasteiger partial charge on any atom is 0.573 e. The van der Waals surface area contributed by atoms with Crippen LogP contribution in [-0.4, -0.2) is 6.36 Å². The van der Waals surface area contributed by atoms with Crippen molar-refractivity contribution in [3.8, 4) is 5.75 Å². The van der Waals surface area contributed by atoms with Crippen molar-refractivity contribution in [2.45, 2.75) is 12.9 Å². The average molecular weight is 303 g/mol. The van der Waals surface area contributed by atoms with Gasteiger partial charge in [0, 0.05) is 12.1 Å². The lowest BCUT2D eigenvalue weighted by Gasteiger charge is -2.14. The van der Waals surface area contributed by atoms with E-state index in [0.29, 0.717) is 0 Å². The van der Waals surface area contributed by atoms with Crippen LogP contribution in [-0.2, 0) is 6.54 Å². The monoisotopic (exact) mass is 303 g/mol. The van der Waals surface area contributed by atoms with Gasteiger partial charge in [0.1, 0.15) is 0 Å². The first-order chi connectivity index (χ1) is 9.87. The highest BCUT2D eigenvalue weighted by molar-refractivity contribution is 5.56. The fourth-order valence-corrected chi connectivity index (χ4v) is 1.70. The van der Waals surface area contributed by atoms with Gasteiger partial charge >= 0.3 is 6.36 Å². The Kier molecular flexibility index (Phi) is 4.30. The number of para-hydroxylation sites is 2. The lowest BCUT2D eigenvalue weighted by atomic mass is 10.2. The maximum absolute atomic E-state index is 13.4. The van der Waals surface area contributed by atoms with Crippen molar-refractivity contribution in [3.05, 3.63) is 59.7 Å². The Labute approximate surface area is 117 Å². The molecule has 2 aromatic carbocycles. The highest BCUT2D eigenvalue weighted by Crippen LogP contribution is 2.30. The van der Waals surface area contributed by atoms with Gasteiger partial charge in [-0.05, 0) is 18.2 Å². The molecular weight excluding hydrogens is 293 g/mol. The highest BCUT2D eigenvalue weighted by atomic mass is 19.4. The van der Waals surface area contributed by atoms with E-state index in [2.05, 4.69) is 10.1 Å². The summed E-state index contributed by atoms with van der Waals surface area (Å²) in [6.45, 7) is -0.179. The van der Waals surface area contributed by atoms with E-state index in [-0.39, 0.29) is 17.8 Å². The van der Waals surface area contributed by atoms with Gasteiger partial charge in [-0.1, -0.05) is 24.3 Å². The predicted molar refractivity (Wildman–Crippen MR) is 66.8 cm³/mol. The third-order valence-corrected chi connectivity index (χ3v) is 2.61. The van der Waals surface area contributed by atoms with Crippen LogP contribution in [0.4, 0.5) is 27.6 Å². The van der Waals surface area contributed by atoms with E-state index < -0.39 is 23.7 Å². The second kappa shape index (κ2) is 5.99. The van der Waals surface area contributed by atoms with E-state index in [0.717, 1.165) is 12.1 Å². The van der Waals surface area contributed by atoms with Crippen molar-refractivity contribution >= 4 is 5.69 Å². The summed E-state index contributed by atoms with van der Waals surface area (Å²) in [4.78, 5) is 0. The molecule has 21 heavy (non-hydrogen) atoms. The maximum atomic E-state index is 13.4. The summed E-state index contributed by atoms with van der Waals surface area (Å²) in [5, 5.41) is 2.59. The Balaban J connectivity index is 2.15. The molecule has 0 aliphatic carbocycles. The Morgan fingerprint density at radius 1 is 0.952 bits per heavy atom. The number of anilines is 1. The molecule has 112 valence electrons. The van der Waals surface area contributed by atoms with Gasteiger partial charge in [-0.15, -0.1) is 13.2 Å². The smallest absolute Gasteiger partial charge is 0.404 e. The van der Waals surface area contributed by atoms with Crippen LogP contribution < -0.4 is 10.1 Å². The average Bonchev–Trinajstić information content (AvgIpc) is 2.40. The van der Waals surface area contributed by atoms with Crippen molar-refractivity contribution in [1.29, 1.82) is 0 Å². The standard InChI is InChI=1S/C14H10F5NO/c15-10-5-3-4-9(13(10)16)8-20-11-6-1-2-7-12(11)21-14(17,18)19/h1-7,20H,8H2. The van der Waals surface area contributed by atoms with Crippen LogP contribution >= 0.6 is 0 Å². The van der Waals surface area contributed by atoms with Gasteiger partial charge in [-0.2, -0.15) is 0 Å². The molecule has 0 aromatic heterocycles. The molecule has 2 rings (SSSR count). The van der Waals surface area contributed by atoms with Gasteiger partial charge in [0.2, 0.25) is 0 Å². The molecule has 7 heteroatoms. The fourth-order valence-electron chi connectivity index (χ4n) is 1.70. The van der Waals surface area contributed by atoms with Gasteiger partial charge in [0.15, 0.2) is 17.4 Å². The first-order valence-electron chi connectivity index (χ1n) is 5.88. The van der Waals surface area contributed by atoms with Gasteiger partial charge in [0.05, 0.1) is 5.69 Å². The molecule has 0 saturated heterocycles. The molecule has 0 bridgehead atoms. The predicted octanol–water partition coefficient (Wildman–Crippen LogP) is 4.48.